The van der Waals surface area contributed by atoms with Crippen LogP contribution in [0.3, 0.4) is 0 Å². The van der Waals surface area contributed by atoms with E-state index in [9.17, 15) is 9.59 Å². The second-order valence-electron chi connectivity index (χ2n) is 4.83. The molecular formula is C16H15NO3. The summed E-state index contributed by atoms with van der Waals surface area (Å²) in [4.78, 5) is 26.2. The van der Waals surface area contributed by atoms with E-state index in [1.807, 2.05) is 19.1 Å². The number of hydrogen-bond acceptors (Lipinski definition) is 3. The number of para-hydroxylation sites is 1. The van der Waals surface area contributed by atoms with Crippen molar-refractivity contribution < 1.29 is 9.21 Å². The van der Waals surface area contributed by atoms with Gasteiger partial charge in [-0.2, -0.15) is 0 Å². The van der Waals surface area contributed by atoms with Crippen molar-refractivity contribution in [3.05, 3.63) is 58.5 Å². The quantitative estimate of drug-likeness (QED) is 0.787. The van der Waals surface area contributed by atoms with Gasteiger partial charge in [0.05, 0.1) is 11.4 Å². The molecule has 0 bridgehead atoms. The van der Waals surface area contributed by atoms with Crippen LogP contribution in [0.15, 0.2) is 51.7 Å². The Labute approximate surface area is 116 Å². The fourth-order valence-corrected chi connectivity index (χ4v) is 2.51. The molecule has 0 N–H and O–H groups in total. The molecule has 1 amide bonds. The van der Waals surface area contributed by atoms with Crippen molar-refractivity contribution >= 4 is 16.9 Å². The van der Waals surface area contributed by atoms with Crippen molar-refractivity contribution in [2.75, 3.05) is 6.54 Å². The van der Waals surface area contributed by atoms with E-state index in [1.54, 1.807) is 29.2 Å². The summed E-state index contributed by atoms with van der Waals surface area (Å²) < 4.78 is 5.59. The fraction of sp³-hybridized carbons (Fsp3) is 0.250. The lowest BCUT2D eigenvalue weighted by Gasteiger charge is -2.22. The van der Waals surface area contributed by atoms with E-state index in [4.69, 9.17) is 4.42 Å². The topological polar surface area (TPSA) is 50.5 Å². The molecule has 20 heavy (non-hydrogen) atoms. The van der Waals surface area contributed by atoms with Gasteiger partial charge in [0.25, 0.3) is 5.91 Å². The molecule has 0 aliphatic carbocycles. The summed E-state index contributed by atoms with van der Waals surface area (Å²) in [5.74, 6) is -0.124. The molecule has 102 valence electrons. The molecule has 0 saturated carbocycles. The van der Waals surface area contributed by atoms with Gasteiger partial charge in [0, 0.05) is 12.6 Å². The maximum atomic E-state index is 12.5. The van der Waals surface area contributed by atoms with Crippen LogP contribution in [0, 0.1) is 0 Å². The van der Waals surface area contributed by atoms with Gasteiger partial charge in [-0.25, -0.2) is 0 Å². The number of fused-ring (bicyclic) bond motifs is 1. The van der Waals surface area contributed by atoms with Crippen molar-refractivity contribution in [3.8, 4) is 0 Å². The lowest BCUT2D eigenvalue weighted by molar-refractivity contribution is 0.0716. The lowest BCUT2D eigenvalue weighted by atomic mass is 10.2. The zero-order valence-electron chi connectivity index (χ0n) is 11.2. The van der Waals surface area contributed by atoms with Gasteiger partial charge in [0.2, 0.25) is 0 Å². The molecule has 1 unspecified atom stereocenters. The number of amides is 1. The second-order valence-corrected chi connectivity index (χ2v) is 4.83. The number of carbonyl (C=O) groups is 1. The van der Waals surface area contributed by atoms with Crippen LogP contribution in [0.1, 0.15) is 23.9 Å². The Morgan fingerprint density at radius 3 is 3.00 bits per heavy atom. The molecule has 3 rings (SSSR count). The van der Waals surface area contributed by atoms with Gasteiger partial charge in [0.1, 0.15) is 5.58 Å². The van der Waals surface area contributed by atoms with Crippen molar-refractivity contribution in [2.45, 2.75) is 19.4 Å². The first kappa shape index (κ1) is 12.7. The van der Waals surface area contributed by atoms with E-state index in [2.05, 4.69) is 0 Å². The highest BCUT2D eigenvalue weighted by Crippen LogP contribution is 2.18. The minimum absolute atomic E-state index is 0.0827. The van der Waals surface area contributed by atoms with Gasteiger partial charge in [0.15, 0.2) is 11.2 Å². The Morgan fingerprint density at radius 2 is 2.20 bits per heavy atom. The van der Waals surface area contributed by atoms with Crippen molar-refractivity contribution in [1.82, 2.24) is 4.90 Å². The minimum Gasteiger partial charge on any atom is -0.451 e. The first-order valence-electron chi connectivity index (χ1n) is 6.71. The number of nitrogens with zero attached hydrogens (tertiary/aromatic N) is 1. The van der Waals surface area contributed by atoms with E-state index in [0.29, 0.717) is 17.5 Å². The van der Waals surface area contributed by atoms with E-state index in [1.165, 1.54) is 6.07 Å². The van der Waals surface area contributed by atoms with Crippen molar-refractivity contribution in [3.63, 3.8) is 0 Å². The van der Waals surface area contributed by atoms with Gasteiger partial charge in [-0.15, -0.1) is 0 Å². The van der Waals surface area contributed by atoms with Crippen LogP contribution >= 0.6 is 0 Å². The average molecular weight is 269 g/mol. The molecule has 4 heteroatoms. The van der Waals surface area contributed by atoms with E-state index in [0.717, 1.165) is 6.42 Å². The third kappa shape index (κ3) is 2.03. The molecule has 0 spiro atoms. The zero-order valence-corrected chi connectivity index (χ0v) is 11.2. The third-order valence-corrected chi connectivity index (χ3v) is 3.59. The molecule has 1 atom stereocenters. The van der Waals surface area contributed by atoms with Crippen LogP contribution < -0.4 is 5.43 Å². The summed E-state index contributed by atoms with van der Waals surface area (Å²) in [6.45, 7) is 2.59. The predicted octanol–water partition coefficient (Wildman–Crippen LogP) is 2.58. The molecule has 4 nitrogen and oxygen atoms in total. The molecular weight excluding hydrogens is 254 g/mol. The summed E-state index contributed by atoms with van der Waals surface area (Å²) in [7, 11) is 0. The highest BCUT2D eigenvalue weighted by Gasteiger charge is 2.26. The lowest BCUT2D eigenvalue weighted by Crippen LogP contribution is -2.36. The minimum atomic E-state index is -0.232. The maximum Gasteiger partial charge on any atom is 0.290 e. The number of benzene rings is 1. The summed E-state index contributed by atoms with van der Waals surface area (Å²) in [6, 6.07) is 8.33. The number of hydrogen-bond donors (Lipinski definition) is 0. The Hall–Kier alpha value is -2.36. The largest absolute Gasteiger partial charge is 0.451 e. The Morgan fingerprint density at radius 1 is 1.40 bits per heavy atom. The molecule has 0 radical (unpaired) electrons. The third-order valence-electron chi connectivity index (χ3n) is 3.59. The van der Waals surface area contributed by atoms with Crippen LogP contribution in [-0.4, -0.2) is 23.4 Å². The smallest absolute Gasteiger partial charge is 0.290 e. The van der Waals surface area contributed by atoms with Gasteiger partial charge in [-0.1, -0.05) is 31.2 Å². The van der Waals surface area contributed by atoms with Crippen LogP contribution in [-0.2, 0) is 0 Å². The first-order chi connectivity index (χ1) is 9.70. The number of carbonyl (C=O) groups excluding carboxylic acids is 1. The van der Waals surface area contributed by atoms with Gasteiger partial charge in [-0.3, -0.25) is 9.59 Å². The molecule has 1 aromatic heterocycles. The fourth-order valence-electron chi connectivity index (χ4n) is 2.51. The summed E-state index contributed by atoms with van der Waals surface area (Å²) in [5.41, 5.74) is 0.263. The highest BCUT2D eigenvalue weighted by molar-refractivity contribution is 5.93. The monoisotopic (exact) mass is 269 g/mol. The van der Waals surface area contributed by atoms with Crippen LogP contribution in [0.25, 0.3) is 11.0 Å². The first-order valence-corrected chi connectivity index (χ1v) is 6.71. The Bertz CT molecular complexity index is 745. The van der Waals surface area contributed by atoms with Crippen LogP contribution in [0.2, 0.25) is 0 Å². The molecule has 0 saturated heterocycles. The molecule has 1 aromatic carbocycles. The van der Waals surface area contributed by atoms with Gasteiger partial charge >= 0.3 is 0 Å². The standard InChI is InChI=1S/C16H15NO3/c1-2-11-6-5-9-17(11)16(19)15-10-13(18)12-7-3-4-8-14(12)20-15/h3-8,10-11H,2,9H2,1H3. The second kappa shape index (κ2) is 4.96. The van der Waals surface area contributed by atoms with E-state index < -0.39 is 0 Å². The Kier molecular flexibility index (Phi) is 3.14. The summed E-state index contributed by atoms with van der Waals surface area (Å²) in [5, 5.41) is 0.496. The Balaban J connectivity index is 2.02. The molecule has 1 aliphatic rings. The predicted molar refractivity (Wildman–Crippen MR) is 76.7 cm³/mol. The molecule has 1 aliphatic heterocycles. The SMILES string of the molecule is CCC1C=CCN1C(=O)c1cc(=O)c2ccccc2o1. The molecule has 2 aromatic rings. The van der Waals surface area contributed by atoms with Gasteiger partial charge < -0.3 is 9.32 Å². The van der Waals surface area contributed by atoms with E-state index in [-0.39, 0.29) is 23.1 Å². The van der Waals surface area contributed by atoms with Crippen molar-refractivity contribution in [2.24, 2.45) is 0 Å². The molecule has 2 heterocycles. The average Bonchev–Trinajstić information content (AvgIpc) is 2.95. The zero-order chi connectivity index (χ0) is 14.1. The number of rotatable bonds is 2. The summed E-state index contributed by atoms with van der Waals surface area (Å²) >= 11 is 0. The van der Waals surface area contributed by atoms with Crippen molar-refractivity contribution in [1.29, 1.82) is 0 Å². The molecule has 0 fully saturated rings. The van der Waals surface area contributed by atoms with E-state index >= 15 is 0 Å². The normalized spacial score (nSPS) is 17.9. The maximum absolute atomic E-state index is 12.5. The van der Waals surface area contributed by atoms with Gasteiger partial charge in [-0.05, 0) is 18.6 Å². The van der Waals surface area contributed by atoms with Crippen LogP contribution in [0.4, 0.5) is 0 Å². The highest BCUT2D eigenvalue weighted by atomic mass is 16.3. The summed E-state index contributed by atoms with van der Waals surface area (Å²) in [6.07, 6.45) is 4.82. The van der Waals surface area contributed by atoms with Crippen LogP contribution in [0.5, 0.6) is 0 Å².